The summed E-state index contributed by atoms with van der Waals surface area (Å²) in [4.78, 5) is 20.6. The molecule has 2 heterocycles. The van der Waals surface area contributed by atoms with Gasteiger partial charge in [-0.05, 0) is 60.0 Å². The molecule has 0 saturated heterocycles. The number of alkyl halides is 3. The number of aromatic nitrogens is 2. The highest BCUT2D eigenvalue weighted by Gasteiger charge is 2.22. The summed E-state index contributed by atoms with van der Waals surface area (Å²) in [6.45, 7) is 1.30. The molecule has 3 aromatic rings. The third-order valence-corrected chi connectivity index (χ3v) is 4.63. The number of hydrogen-bond acceptors (Lipinski definition) is 5. The first-order valence-corrected chi connectivity index (χ1v) is 10.2. The molecule has 2 N–H and O–H groups in total. The second-order valence-corrected chi connectivity index (χ2v) is 9.09. The quantitative estimate of drug-likeness (QED) is 0.421. The Bertz CT molecular complexity index is 1110. The van der Waals surface area contributed by atoms with E-state index in [9.17, 15) is 9.18 Å². The number of rotatable bonds is 5. The van der Waals surface area contributed by atoms with Crippen molar-refractivity contribution in [2.45, 2.75) is 10.7 Å². The summed E-state index contributed by atoms with van der Waals surface area (Å²) in [7, 11) is 1.78. The highest BCUT2D eigenvalue weighted by Crippen LogP contribution is 2.31. The van der Waals surface area contributed by atoms with Gasteiger partial charge >= 0.3 is 6.09 Å². The standard InChI is InChI=1S/C21H18Cl3FN4O2/c1-12-7-16(25)18(29-20(30)31-11-21(22,23)24)10-15(12)13-3-5-27-17(8-13)14-4-6-28-19(9-14)26-2/h3-10H,11H2,1-2H3,(H,26,28)(H,29,30). The molecule has 0 radical (unpaired) electrons. The van der Waals surface area contributed by atoms with Gasteiger partial charge in [-0.25, -0.2) is 14.2 Å². The van der Waals surface area contributed by atoms with Crippen LogP contribution in [0.1, 0.15) is 5.56 Å². The van der Waals surface area contributed by atoms with Gasteiger partial charge in [0.25, 0.3) is 0 Å². The fourth-order valence-electron chi connectivity index (χ4n) is 2.86. The van der Waals surface area contributed by atoms with Gasteiger partial charge in [-0.15, -0.1) is 0 Å². The van der Waals surface area contributed by atoms with E-state index in [4.69, 9.17) is 39.5 Å². The zero-order chi connectivity index (χ0) is 22.6. The Hall–Kier alpha value is -2.61. The molecule has 1 amide bonds. The van der Waals surface area contributed by atoms with Gasteiger partial charge in [-0.3, -0.25) is 10.3 Å². The number of halogens is 4. The van der Waals surface area contributed by atoms with E-state index in [1.54, 1.807) is 32.4 Å². The van der Waals surface area contributed by atoms with Gasteiger partial charge in [-0.1, -0.05) is 34.8 Å². The van der Waals surface area contributed by atoms with Crippen LogP contribution in [0.4, 0.5) is 20.7 Å². The van der Waals surface area contributed by atoms with E-state index in [0.29, 0.717) is 16.9 Å². The predicted octanol–water partition coefficient (Wildman–Crippen LogP) is 6.22. The molecule has 162 valence electrons. The lowest BCUT2D eigenvalue weighted by molar-refractivity contribution is 0.164. The van der Waals surface area contributed by atoms with Gasteiger partial charge in [0.1, 0.15) is 18.2 Å². The van der Waals surface area contributed by atoms with Crippen molar-refractivity contribution in [3.05, 3.63) is 60.2 Å². The number of nitrogens with one attached hydrogen (secondary N) is 2. The van der Waals surface area contributed by atoms with Gasteiger partial charge in [0.2, 0.25) is 3.79 Å². The summed E-state index contributed by atoms with van der Waals surface area (Å²) in [5.74, 6) is 0.0941. The van der Waals surface area contributed by atoms with Crippen LogP contribution in [0.25, 0.3) is 22.4 Å². The minimum atomic E-state index is -1.76. The van der Waals surface area contributed by atoms with Crippen LogP contribution in [-0.2, 0) is 4.74 Å². The predicted molar refractivity (Wildman–Crippen MR) is 122 cm³/mol. The van der Waals surface area contributed by atoms with Gasteiger partial charge < -0.3 is 10.1 Å². The number of anilines is 2. The zero-order valence-corrected chi connectivity index (χ0v) is 18.8. The van der Waals surface area contributed by atoms with Gasteiger partial charge in [0, 0.05) is 25.0 Å². The Morgan fingerprint density at radius 3 is 2.52 bits per heavy atom. The van der Waals surface area contributed by atoms with Crippen molar-refractivity contribution < 1.29 is 13.9 Å². The molecule has 0 aliphatic carbocycles. The monoisotopic (exact) mass is 482 g/mol. The van der Waals surface area contributed by atoms with Crippen LogP contribution in [0.5, 0.6) is 0 Å². The number of ether oxygens (including phenoxy) is 1. The number of carbonyl (C=O) groups excluding carboxylic acids is 1. The van der Waals surface area contributed by atoms with Crippen LogP contribution in [0.2, 0.25) is 0 Å². The van der Waals surface area contributed by atoms with Gasteiger partial charge in [-0.2, -0.15) is 0 Å². The minimum absolute atomic E-state index is 0.0605. The third-order valence-electron chi connectivity index (χ3n) is 4.30. The number of benzene rings is 1. The summed E-state index contributed by atoms with van der Waals surface area (Å²) < 4.78 is 17.5. The molecule has 0 spiro atoms. The van der Waals surface area contributed by atoms with Crippen molar-refractivity contribution >= 4 is 52.4 Å². The average molecular weight is 484 g/mol. The Morgan fingerprint density at radius 1 is 1.10 bits per heavy atom. The van der Waals surface area contributed by atoms with Crippen LogP contribution in [0, 0.1) is 12.7 Å². The molecule has 1 aromatic carbocycles. The molecule has 0 bridgehead atoms. The first kappa shape index (κ1) is 23.1. The molecule has 31 heavy (non-hydrogen) atoms. The summed E-state index contributed by atoms with van der Waals surface area (Å²) in [6.07, 6.45) is 2.41. The van der Waals surface area contributed by atoms with Crippen LogP contribution in [0.15, 0.2) is 48.8 Å². The zero-order valence-electron chi connectivity index (χ0n) is 16.5. The van der Waals surface area contributed by atoms with E-state index in [-0.39, 0.29) is 5.69 Å². The maximum Gasteiger partial charge on any atom is 0.411 e. The Morgan fingerprint density at radius 2 is 1.81 bits per heavy atom. The molecule has 2 aromatic heterocycles. The van der Waals surface area contributed by atoms with Crippen molar-refractivity contribution in [2.24, 2.45) is 0 Å². The van der Waals surface area contributed by atoms with Crippen molar-refractivity contribution in [3.63, 3.8) is 0 Å². The number of amides is 1. The lowest BCUT2D eigenvalue weighted by Crippen LogP contribution is -2.21. The molecule has 0 aliphatic heterocycles. The first-order valence-electron chi connectivity index (χ1n) is 9.07. The molecule has 0 atom stereocenters. The third kappa shape index (κ3) is 6.19. The Labute approximate surface area is 193 Å². The van der Waals surface area contributed by atoms with Crippen LogP contribution < -0.4 is 10.6 Å². The number of hydrogen-bond donors (Lipinski definition) is 2. The van der Waals surface area contributed by atoms with E-state index >= 15 is 0 Å². The van der Waals surface area contributed by atoms with Gasteiger partial charge in [0.15, 0.2) is 0 Å². The fourth-order valence-corrected chi connectivity index (χ4v) is 3.02. The van der Waals surface area contributed by atoms with Crippen molar-refractivity contribution in [3.8, 4) is 22.4 Å². The molecule has 3 rings (SSSR count). The SMILES string of the molecule is CNc1cc(-c2cc(-c3cc(NC(=O)OCC(Cl)(Cl)Cl)c(F)cc3C)ccn2)ccn1. The van der Waals surface area contributed by atoms with Gasteiger partial charge in [0.05, 0.1) is 11.4 Å². The van der Waals surface area contributed by atoms with E-state index in [1.807, 2.05) is 18.2 Å². The second-order valence-electron chi connectivity index (χ2n) is 6.57. The van der Waals surface area contributed by atoms with Crippen molar-refractivity contribution in [1.82, 2.24) is 9.97 Å². The maximum atomic E-state index is 14.4. The highest BCUT2D eigenvalue weighted by molar-refractivity contribution is 6.67. The van der Waals surface area contributed by atoms with E-state index in [0.717, 1.165) is 16.8 Å². The van der Waals surface area contributed by atoms with E-state index < -0.39 is 22.3 Å². The number of aryl methyl sites for hydroxylation is 1. The summed E-state index contributed by atoms with van der Waals surface area (Å²) in [5, 5.41) is 5.32. The molecule has 0 saturated carbocycles. The molecule has 0 aliphatic rings. The molecular weight excluding hydrogens is 466 g/mol. The number of nitrogens with zero attached hydrogens (tertiary/aromatic N) is 2. The first-order chi connectivity index (χ1) is 14.7. The highest BCUT2D eigenvalue weighted by atomic mass is 35.6. The van der Waals surface area contributed by atoms with Crippen molar-refractivity contribution in [2.75, 3.05) is 24.3 Å². The van der Waals surface area contributed by atoms with E-state index in [1.165, 1.54) is 12.1 Å². The lowest BCUT2D eigenvalue weighted by atomic mass is 9.98. The molecule has 0 fully saturated rings. The summed E-state index contributed by atoms with van der Waals surface area (Å²) >= 11 is 16.7. The smallest absolute Gasteiger partial charge is 0.411 e. The van der Waals surface area contributed by atoms with Crippen molar-refractivity contribution in [1.29, 1.82) is 0 Å². The lowest BCUT2D eigenvalue weighted by Gasteiger charge is -2.14. The minimum Gasteiger partial charge on any atom is -0.445 e. The second kappa shape index (κ2) is 9.68. The molecule has 0 unspecified atom stereocenters. The molecular formula is C21H18Cl3FN4O2. The maximum absolute atomic E-state index is 14.4. The summed E-state index contributed by atoms with van der Waals surface area (Å²) in [5.41, 5.74) is 3.72. The normalized spacial score (nSPS) is 11.2. The number of pyridine rings is 2. The van der Waals surface area contributed by atoms with E-state index in [2.05, 4.69) is 20.6 Å². The Balaban J connectivity index is 1.91. The fraction of sp³-hybridized carbons (Fsp3) is 0.190. The summed E-state index contributed by atoms with van der Waals surface area (Å²) in [6, 6.07) is 10.2. The topological polar surface area (TPSA) is 76.1 Å². The largest absolute Gasteiger partial charge is 0.445 e. The van der Waals surface area contributed by atoms with Crippen LogP contribution in [0.3, 0.4) is 0 Å². The number of carbonyl (C=O) groups is 1. The Kier molecular flexibility index (Phi) is 7.20. The molecule has 6 nitrogen and oxygen atoms in total. The van der Waals surface area contributed by atoms with Crippen LogP contribution in [-0.4, -0.2) is 33.5 Å². The average Bonchev–Trinajstić information content (AvgIpc) is 2.74. The van der Waals surface area contributed by atoms with Crippen LogP contribution >= 0.6 is 34.8 Å². The molecule has 10 heteroatoms.